The van der Waals surface area contributed by atoms with Crippen LogP contribution in [0, 0.1) is 0 Å². The van der Waals surface area contributed by atoms with Gasteiger partial charge < -0.3 is 15.7 Å². The van der Waals surface area contributed by atoms with Gasteiger partial charge in [-0.2, -0.15) is 0 Å². The van der Waals surface area contributed by atoms with Gasteiger partial charge in [0.15, 0.2) is 0 Å². The molecule has 1 heterocycles. The Bertz CT molecular complexity index is 462. The molecule has 3 N–H and O–H groups in total. The van der Waals surface area contributed by atoms with Crippen LogP contribution in [0.2, 0.25) is 10.0 Å². The third-order valence-corrected chi connectivity index (χ3v) is 3.73. The summed E-state index contributed by atoms with van der Waals surface area (Å²) in [4.78, 5) is 11.8. The van der Waals surface area contributed by atoms with Crippen molar-refractivity contribution in [1.82, 2.24) is 10.6 Å². The second-order valence-electron chi connectivity index (χ2n) is 4.58. The van der Waals surface area contributed by atoms with E-state index < -0.39 is 6.10 Å². The zero-order valence-corrected chi connectivity index (χ0v) is 11.8. The lowest BCUT2D eigenvalue weighted by Gasteiger charge is -2.16. The number of benzene rings is 1. The van der Waals surface area contributed by atoms with Crippen LogP contribution in [0.3, 0.4) is 0 Å². The molecule has 0 aromatic heterocycles. The first-order valence-electron chi connectivity index (χ1n) is 6.22. The lowest BCUT2D eigenvalue weighted by atomic mass is 10.1. The molecule has 0 saturated carbocycles. The molecule has 19 heavy (non-hydrogen) atoms. The van der Waals surface area contributed by atoms with E-state index in [-0.39, 0.29) is 18.5 Å². The largest absolute Gasteiger partial charge is 0.387 e. The lowest BCUT2D eigenvalue weighted by molar-refractivity contribution is -0.123. The van der Waals surface area contributed by atoms with Crippen LogP contribution in [0.15, 0.2) is 18.2 Å². The van der Waals surface area contributed by atoms with Gasteiger partial charge in [-0.05, 0) is 31.5 Å². The van der Waals surface area contributed by atoms with Crippen LogP contribution in [-0.2, 0) is 4.79 Å². The molecule has 0 radical (unpaired) electrons. The monoisotopic (exact) mass is 302 g/mol. The molecule has 2 unspecified atom stereocenters. The van der Waals surface area contributed by atoms with Gasteiger partial charge in [0.1, 0.15) is 0 Å². The maximum atomic E-state index is 11.8. The van der Waals surface area contributed by atoms with E-state index in [0.29, 0.717) is 15.6 Å². The third-order valence-electron chi connectivity index (χ3n) is 3.17. The highest BCUT2D eigenvalue weighted by Gasteiger charge is 2.22. The van der Waals surface area contributed by atoms with Crippen molar-refractivity contribution >= 4 is 29.1 Å². The van der Waals surface area contributed by atoms with Crippen LogP contribution < -0.4 is 10.6 Å². The number of nitrogens with one attached hydrogen (secondary N) is 2. The maximum absolute atomic E-state index is 11.8. The summed E-state index contributed by atoms with van der Waals surface area (Å²) in [7, 11) is 0. The van der Waals surface area contributed by atoms with Crippen LogP contribution in [0.25, 0.3) is 0 Å². The van der Waals surface area contributed by atoms with E-state index >= 15 is 0 Å². The van der Waals surface area contributed by atoms with E-state index in [1.54, 1.807) is 18.2 Å². The van der Waals surface area contributed by atoms with Crippen molar-refractivity contribution in [2.75, 3.05) is 13.1 Å². The fraction of sp³-hybridized carbons (Fsp3) is 0.462. The smallest absolute Gasteiger partial charge is 0.237 e. The third kappa shape index (κ3) is 3.83. The average Bonchev–Trinajstić information content (AvgIpc) is 2.89. The molecule has 1 amide bonds. The zero-order chi connectivity index (χ0) is 13.8. The van der Waals surface area contributed by atoms with E-state index in [4.69, 9.17) is 23.2 Å². The molecule has 1 aromatic carbocycles. The van der Waals surface area contributed by atoms with Crippen molar-refractivity contribution in [2.45, 2.75) is 25.0 Å². The minimum atomic E-state index is -0.838. The molecule has 6 heteroatoms. The molecule has 1 aliphatic rings. The molecule has 0 aliphatic carbocycles. The molecule has 1 aliphatic heterocycles. The van der Waals surface area contributed by atoms with Crippen molar-refractivity contribution in [2.24, 2.45) is 0 Å². The number of hydrogen-bond donors (Lipinski definition) is 3. The SMILES string of the molecule is O=C(NCC(O)c1ccc(Cl)cc1Cl)C1CCCN1. The summed E-state index contributed by atoms with van der Waals surface area (Å²) in [5, 5.41) is 16.8. The van der Waals surface area contributed by atoms with Gasteiger partial charge in [-0.15, -0.1) is 0 Å². The number of carbonyl (C=O) groups is 1. The van der Waals surface area contributed by atoms with Crippen molar-refractivity contribution in [3.63, 3.8) is 0 Å². The Morgan fingerprint density at radius 3 is 2.95 bits per heavy atom. The van der Waals surface area contributed by atoms with Gasteiger partial charge in [0.25, 0.3) is 0 Å². The summed E-state index contributed by atoms with van der Waals surface area (Å²) in [5.74, 6) is -0.0818. The number of hydrogen-bond acceptors (Lipinski definition) is 3. The van der Waals surface area contributed by atoms with Crippen LogP contribution in [-0.4, -0.2) is 30.1 Å². The summed E-state index contributed by atoms with van der Waals surface area (Å²) in [6.45, 7) is 1.00. The molecule has 0 bridgehead atoms. The Morgan fingerprint density at radius 1 is 1.53 bits per heavy atom. The van der Waals surface area contributed by atoms with Gasteiger partial charge in [0, 0.05) is 22.2 Å². The second-order valence-corrected chi connectivity index (χ2v) is 5.42. The van der Waals surface area contributed by atoms with Gasteiger partial charge in [-0.25, -0.2) is 0 Å². The Labute approximate surface area is 122 Å². The number of halogens is 2. The molecule has 2 rings (SSSR count). The van der Waals surface area contributed by atoms with Crippen molar-refractivity contribution in [3.8, 4) is 0 Å². The Kier molecular flexibility index (Phi) is 5.05. The minimum Gasteiger partial charge on any atom is -0.387 e. The zero-order valence-electron chi connectivity index (χ0n) is 10.3. The summed E-state index contributed by atoms with van der Waals surface area (Å²) in [5.41, 5.74) is 0.561. The van der Waals surface area contributed by atoms with Gasteiger partial charge >= 0.3 is 0 Å². The fourth-order valence-electron chi connectivity index (χ4n) is 2.11. The normalized spacial score (nSPS) is 20.3. The number of rotatable bonds is 4. The molecule has 1 saturated heterocycles. The molecule has 1 fully saturated rings. The molecular weight excluding hydrogens is 287 g/mol. The molecule has 1 aromatic rings. The Hall–Kier alpha value is -0.810. The quantitative estimate of drug-likeness (QED) is 0.796. The molecule has 104 valence electrons. The minimum absolute atomic E-state index is 0.0818. The van der Waals surface area contributed by atoms with E-state index in [0.717, 1.165) is 19.4 Å². The summed E-state index contributed by atoms with van der Waals surface area (Å²) < 4.78 is 0. The Balaban J connectivity index is 1.89. The maximum Gasteiger partial charge on any atom is 0.237 e. The van der Waals surface area contributed by atoms with Crippen molar-refractivity contribution in [3.05, 3.63) is 33.8 Å². The van der Waals surface area contributed by atoms with Crippen LogP contribution >= 0.6 is 23.2 Å². The van der Waals surface area contributed by atoms with Gasteiger partial charge in [0.05, 0.1) is 12.1 Å². The number of carbonyl (C=O) groups excluding carboxylic acids is 1. The van der Waals surface area contributed by atoms with Crippen LogP contribution in [0.4, 0.5) is 0 Å². The average molecular weight is 303 g/mol. The van der Waals surface area contributed by atoms with Gasteiger partial charge in [-0.3, -0.25) is 4.79 Å². The first-order valence-corrected chi connectivity index (χ1v) is 6.97. The molecule has 2 atom stereocenters. The first kappa shape index (κ1) is 14.6. The predicted octanol–water partition coefficient (Wildman–Crippen LogP) is 1.89. The standard InChI is InChI=1S/C13H16Cl2N2O2/c14-8-3-4-9(10(15)6-8)12(18)7-17-13(19)11-2-1-5-16-11/h3-4,6,11-12,16,18H,1-2,5,7H2,(H,17,19). The predicted molar refractivity (Wildman–Crippen MR) is 75.5 cm³/mol. The summed E-state index contributed by atoms with van der Waals surface area (Å²) in [6.07, 6.45) is 1.00. The van der Waals surface area contributed by atoms with Gasteiger partial charge in [-0.1, -0.05) is 29.3 Å². The topological polar surface area (TPSA) is 61.4 Å². The number of amides is 1. The fourth-order valence-corrected chi connectivity index (χ4v) is 2.64. The van der Waals surface area contributed by atoms with Crippen LogP contribution in [0.5, 0.6) is 0 Å². The highest BCUT2D eigenvalue weighted by molar-refractivity contribution is 6.35. The second kappa shape index (κ2) is 6.57. The van der Waals surface area contributed by atoms with Gasteiger partial charge in [0.2, 0.25) is 5.91 Å². The van der Waals surface area contributed by atoms with E-state index in [2.05, 4.69) is 10.6 Å². The molecular formula is C13H16Cl2N2O2. The number of aliphatic hydroxyl groups is 1. The highest BCUT2D eigenvalue weighted by atomic mass is 35.5. The summed E-state index contributed by atoms with van der Waals surface area (Å²) >= 11 is 11.8. The Morgan fingerprint density at radius 2 is 2.32 bits per heavy atom. The first-order chi connectivity index (χ1) is 9.08. The molecule has 4 nitrogen and oxygen atoms in total. The molecule has 0 spiro atoms. The van der Waals surface area contributed by atoms with E-state index in [9.17, 15) is 9.90 Å². The van der Waals surface area contributed by atoms with E-state index in [1.165, 1.54) is 0 Å². The number of aliphatic hydroxyl groups excluding tert-OH is 1. The summed E-state index contributed by atoms with van der Waals surface area (Å²) in [6, 6.07) is 4.75. The van der Waals surface area contributed by atoms with E-state index in [1.807, 2.05) is 0 Å². The lowest BCUT2D eigenvalue weighted by Crippen LogP contribution is -2.41. The van der Waals surface area contributed by atoms with Crippen LogP contribution in [0.1, 0.15) is 24.5 Å². The van der Waals surface area contributed by atoms with Crippen molar-refractivity contribution in [1.29, 1.82) is 0 Å². The van der Waals surface area contributed by atoms with Crippen molar-refractivity contribution < 1.29 is 9.90 Å². The highest BCUT2D eigenvalue weighted by Crippen LogP contribution is 2.25.